The van der Waals surface area contributed by atoms with Gasteiger partial charge in [-0.05, 0) is 18.6 Å². The highest BCUT2D eigenvalue weighted by atomic mass is 35.5. The molecule has 1 aromatic rings. The van der Waals surface area contributed by atoms with Gasteiger partial charge in [-0.1, -0.05) is 11.6 Å². The number of nitrogens with one attached hydrogen (secondary N) is 1. The maximum Gasteiger partial charge on any atom is 0.294 e. The van der Waals surface area contributed by atoms with Crippen LogP contribution in [0.1, 0.15) is 5.56 Å². The lowest BCUT2D eigenvalue weighted by Crippen LogP contribution is -2.09. The van der Waals surface area contributed by atoms with Crippen molar-refractivity contribution < 1.29 is 9.66 Å². The van der Waals surface area contributed by atoms with Gasteiger partial charge in [0.25, 0.3) is 5.69 Å². The highest BCUT2D eigenvalue weighted by Gasteiger charge is 2.17. The van der Waals surface area contributed by atoms with Crippen LogP contribution < -0.4 is 5.32 Å². The fourth-order valence-electron chi connectivity index (χ4n) is 1.32. The zero-order valence-corrected chi connectivity index (χ0v) is 9.87. The second-order valence-electron chi connectivity index (χ2n) is 3.32. The molecular weight excluding hydrogens is 232 g/mol. The van der Waals surface area contributed by atoms with Crippen molar-refractivity contribution in [2.45, 2.75) is 6.92 Å². The van der Waals surface area contributed by atoms with E-state index in [-0.39, 0.29) is 5.69 Å². The van der Waals surface area contributed by atoms with Crippen LogP contribution in [0.2, 0.25) is 5.02 Å². The normalized spacial score (nSPS) is 10.2. The summed E-state index contributed by atoms with van der Waals surface area (Å²) in [5, 5.41) is 14.1. The average molecular weight is 245 g/mol. The van der Waals surface area contributed by atoms with Crippen LogP contribution in [-0.4, -0.2) is 25.2 Å². The molecule has 0 saturated carbocycles. The number of ether oxygens (including phenoxy) is 1. The fourth-order valence-corrected chi connectivity index (χ4v) is 1.66. The second-order valence-corrected chi connectivity index (χ2v) is 3.72. The molecule has 0 aliphatic rings. The van der Waals surface area contributed by atoms with E-state index in [2.05, 4.69) is 5.32 Å². The Morgan fingerprint density at radius 3 is 2.81 bits per heavy atom. The molecule has 0 heterocycles. The lowest BCUT2D eigenvalue weighted by Gasteiger charge is -2.09. The summed E-state index contributed by atoms with van der Waals surface area (Å²) in [6.45, 7) is 2.69. The number of anilines is 1. The molecule has 0 aliphatic carbocycles. The van der Waals surface area contributed by atoms with Gasteiger partial charge in [0, 0.05) is 19.7 Å². The highest BCUT2D eigenvalue weighted by molar-refractivity contribution is 6.33. The van der Waals surface area contributed by atoms with Crippen LogP contribution in [0.5, 0.6) is 0 Å². The number of halogens is 1. The minimum absolute atomic E-state index is 0.0129. The number of hydrogen-bond acceptors (Lipinski definition) is 4. The molecule has 16 heavy (non-hydrogen) atoms. The van der Waals surface area contributed by atoms with E-state index in [0.717, 1.165) is 5.56 Å². The summed E-state index contributed by atoms with van der Waals surface area (Å²) in [4.78, 5) is 10.4. The van der Waals surface area contributed by atoms with Gasteiger partial charge in [0.15, 0.2) is 0 Å². The molecule has 6 heteroatoms. The lowest BCUT2D eigenvalue weighted by atomic mass is 10.2. The van der Waals surface area contributed by atoms with E-state index >= 15 is 0 Å². The standard InChI is InChI=1S/C10H13ClN2O3/c1-7-5-8(11)10(12-3-4-16-2)9(6-7)13(14)15/h5-6,12H,3-4H2,1-2H3. The summed E-state index contributed by atoms with van der Waals surface area (Å²) in [7, 11) is 1.56. The molecule has 0 amide bonds. The average Bonchev–Trinajstić information content (AvgIpc) is 2.20. The van der Waals surface area contributed by atoms with Crippen LogP contribution in [0.4, 0.5) is 11.4 Å². The van der Waals surface area contributed by atoms with Crippen LogP contribution in [0.25, 0.3) is 0 Å². The first-order valence-corrected chi connectivity index (χ1v) is 5.11. The zero-order chi connectivity index (χ0) is 12.1. The second kappa shape index (κ2) is 5.67. The molecule has 1 rings (SSSR count). The minimum atomic E-state index is -0.450. The molecule has 0 bridgehead atoms. The third-order valence-corrected chi connectivity index (χ3v) is 2.32. The summed E-state index contributed by atoms with van der Waals surface area (Å²) in [5.41, 5.74) is 1.09. The Balaban J connectivity index is 2.99. The Morgan fingerprint density at radius 1 is 1.56 bits per heavy atom. The van der Waals surface area contributed by atoms with Gasteiger partial charge in [0.1, 0.15) is 5.69 Å². The quantitative estimate of drug-likeness (QED) is 0.491. The van der Waals surface area contributed by atoms with E-state index in [0.29, 0.717) is 23.9 Å². The summed E-state index contributed by atoms with van der Waals surface area (Å²) in [6.07, 6.45) is 0. The predicted molar refractivity (Wildman–Crippen MR) is 63.2 cm³/mol. The number of benzene rings is 1. The third-order valence-electron chi connectivity index (χ3n) is 2.02. The molecule has 88 valence electrons. The van der Waals surface area contributed by atoms with Gasteiger partial charge in [-0.2, -0.15) is 0 Å². The Bertz CT molecular complexity index is 396. The topological polar surface area (TPSA) is 64.4 Å². The molecular formula is C10H13ClN2O3. The summed E-state index contributed by atoms with van der Waals surface area (Å²) in [6, 6.07) is 3.17. The predicted octanol–water partition coefficient (Wildman–Crippen LogP) is 2.61. The molecule has 0 spiro atoms. The van der Waals surface area contributed by atoms with Crippen molar-refractivity contribution >= 4 is 23.0 Å². The monoisotopic (exact) mass is 244 g/mol. The van der Waals surface area contributed by atoms with Crippen molar-refractivity contribution in [3.05, 3.63) is 32.8 Å². The van der Waals surface area contributed by atoms with Crippen LogP contribution in [0.3, 0.4) is 0 Å². The lowest BCUT2D eigenvalue weighted by molar-refractivity contribution is -0.384. The van der Waals surface area contributed by atoms with Crippen LogP contribution in [-0.2, 0) is 4.74 Å². The van der Waals surface area contributed by atoms with Crippen molar-refractivity contribution in [1.82, 2.24) is 0 Å². The van der Waals surface area contributed by atoms with Crippen LogP contribution in [0.15, 0.2) is 12.1 Å². The summed E-state index contributed by atoms with van der Waals surface area (Å²) >= 11 is 5.95. The summed E-state index contributed by atoms with van der Waals surface area (Å²) in [5.74, 6) is 0. The molecule has 0 aromatic heterocycles. The number of aryl methyl sites for hydroxylation is 1. The van der Waals surface area contributed by atoms with E-state index in [9.17, 15) is 10.1 Å². The molecule has 0 unspecified atom stereocenters. The Labute approximate surface area is 98.5 Å². The number of rotatable bonds is 5. The van der Waals surface area contributed by atoms with E-state index in [1.54, 1.807) is 20.1 Å². The number of methoxy groups -OCH3 is 1. The molecule has 0 radical (unpaired) electrons. The molecule has 0 atom stereocenters. The van der Waals surface area contributed by atoms with E-state index in [4.69, 9.17) is 16.3 Å². The molecule has 1 N–H and O–H groups in total. The molecule has 0 aliphatic heterocycles. The van der Waals surface area contributed by atoms with Gasteiger partial charge in [0.2, 0.25) is 0 Å². The van der Waals surface area contributed by atoms with Gasteiger partial charge >= 0.3 is 0 Å². The van der Waals surface area contributed by atoms with Crippen molar-refractivity contribution in [3.63, 3.8) is 0 Å². The Morgan fingerprint density at radius 2 is 2.25 bits per heavy atom. The van der Waals surface area contributed by atoms with Gasteiger partial charge in [-0.3, -0.25) is 10.1 Å². The van der Waals surface area contributed by atoms with Crippen molar-refractivity contribution in [1.29, 1.82) is 0 Å². The van der Waals surface area contributed by atoms with Crippen molar-refractivity contribution in [3.8, 4) is 0 Å². The van der Waals surface area contributed by atoms with Gasteiger partial charge < -0.3 is 10.1 Å². The smallest absolute Gasteiger partial charge is 0.294 e. The van der Waals surface area contributed by atoms with E-state index < -0.39 is 4.92 Å². The van der Waals surface area contributed by atoms with Crippen LogP contribution in [0, 0.1) is 17.0 Å². The van der Waals surface area contributed by atoms with Crippen LogP contribution >= 0.6 is 11.6 Å². The van der Waals surface area contributed by atoms with Gasteiger partial charge in [0.05, 0.1) is 16.6 Å². The van der Waals surface area contributed by atoms with Crippen molar-refractivity contribution in [2.24, 2.45) is 0 Å². The van der Waals surface area contributed by atoms with Gasteiger partial charge in [-0.25, -0.2) is 0 Å². The minimum Gasteiger partial charge on any atom is -0.383 e. The Kier molecular flexibility index (Phi) is 4.52. The molecule has 0 fully saturated rings. The number of nitro groups is 1. The third kappa shape index (κ3) is 3.08. The summed E-state index contributed by atoms with van der Waals surface area (Å²) < 4.78 is 4.85. The molecule has 5 nitrogen and oxygen atoms in total. The zero-order valence-electron chi connectivity index (χ0n) is 9.12. The number of nitro benzene ring substituents is 1. The Hall–Kier alpha value is -1.33. The van der Waals surface area contributed by atoms with E-state index in [1.807, 2.05) is 0 Å². The maximum absolute atomic E-state index is 10.8. The van der Waals surface area contributed by atoms with Crippen molar-refractivity contribution in [2.75, 3.05) is 25.6 Å². The largest absolute Gasteiger partial charge is 0.383 e. The highest BCUT2D eigenvalue weighted by Crippen LogP contribution is 2.33. The first-order chi connectivity index (χ1) is 7.56. The first kappa shape index (κ1) is 12.7. The first-order valence-electron chi connectivity index (χ1n) is 4.73. The van der Waals surface area contributed by atoms with E-state index in [1.165, 1.54) is 6.07 Å². The van der Waals surface area contributed by atoms with Gasteiger partial charge in [-0.15, -0.1) is 0 Å². The number of nitrogens with zero attached hydrogens (tertiary/aromatic N) is 1. The molecule has 1 aromatic carbocycles. The maximum atomic E-state index is 10.8. The molecule has 0 saturated heterocycles. The fraction of sp³-hybridized carbons (Fsp3) is 0.400. The SMILES string of the molecule is COCCNc1c(Cl)cc(C)cc1[N+](=O)[O-]. The number of hydrogen-bond donors (Lipinski definition) is 1.